The minimum Gasteiger partial charge on any atom is -0.469 e. The van der Waals surface area contributed by atoms with E-state index >= 15 is 0 Å². The van der Waals surface area contributed by atoms with E-state index < -0.39 is 5.76 Å². The molecule has 0 aromatic carbocycles. The van der Waals surface area contributed by atoms with Gasteiger partial charge in [0.15, 0.2) is 0 Å². The molecule has 0 aliphatic carbocycles. The van der Waals surface area contributed by atoms with Crippen LogP contribution in [0.1, 0.15) is 13.3 Å². The van der Waals surface area contributed by atoms with Gasteiger partial charge in [-0.3, -0.25) is 4.79 Å². The van der Waals surface area contributed by atoms with Crippen LogP contribution in [0.5, 0.6) is 0 Å². The highest BCUT2D eigenvalue weighted by atomic mass is 32.2. The third-order valence-corrected chi connectivity index (χ3v) is 2.12. The quantitative estimate of drug-likeness (QED) is 0.633. The number of carbonyl (C=O) groups excluding carboxylic acids is 1. The van der Waals surface area contributed by atoms with E-state index in [4.69, 9.17) is 0 Å². The monoisotopic (exact) mass is 198 g/mol. The van der Waals surface area contributed by atoms with Gasteiger partial charge >= 0.3 is 5.97 Å². The van der Waals surface area contributed by atoms with Gasteiger partial charge in [-0.15, -0.1) is 0 Å². The van der Waals surface area contributed by atoms with Crippen LogP contribution in [0.4, 0.5) is 8.78 Å². The summed E-state index contributed by atoms with van der Waals surface area (Å²) in [6, 6.07) is 0. The maximum absolute atomic E-state index is 11.6. The van der Waals surface area contributed by atoms with Crippen molar-refractivity contribution < 1.29 is 18.3 Å². The molecule has 0 N–H and O–H groups in total. The van der Waals surface area contributed by atoms with Crippen LogP contribution in [0.15, 0.2) is 0 Å². The Morgan fingerprint density at radius 3 is 2.58 bits per heavy atom. The lowest BCUT2D eigenvalue weighted by molar-refractivity contribution is -0.144. The molecule has 5 heteroatoms. The fourth-order valence-electron chi connectivity index (χ4n) is 0.653. The topological polar surface area (TPSA) is 26.3 Å². The van der Waals surface area contributed by atoms with Gasteiger partial charge in [-0.1, -0.05) is 18.7 Å². The molecule has 2 nitrogen and oxygen atoms in total. The lowest BCUT2D eigenvalue weighted by atomic mass is 10.1. The molecule has 0 saturated carbocycles. The predicted molar refractivity (Wildman–Crippen MR) is 44.3 cm³/mol. The maximum Gasteiger partial charge on any atom is 0.308 e. The molecule has 0 fully saturated rings. The molecule has 0 saturated heterocycles. The van der Waals surface area contributed by atoms with Crippen LogP contribution in [0, 0.1) is 5.92 Å². The van der Waals surface area contributed by atoms with Gasteiger partial charge in [0.05, 0.1) is 13.0 Å². The molecule has 12 heavy (non-hydrogen) atoms. The van der Waals surface area contributed by atoms with Gasteiger partial charge in [0.1, 0.15) is 0 Å². The number of alkyl halides is 2. The summed E-state index contributed by atoms with van der Waals surface area (Å²) in [5.41, 5.74) is 0. The number of halogens is 2. The first-order chi connectivity index (χ1) is 5.57. The van der Waals surface area contributed by atoms with Crippen LogP contribution < -0.4 is 0 Å². The summed E-state index contributed by atoms with van der Waals surface area (Å²) in [5.74, 6) is -2.70. The molecule has 0 bridgehead atoms. The zero-order valence-electron chi connectivity index (χ0n) is 7.05. The maximum atomic E-state index is 11.6. The van der Waals surface area contributed by atoms with Gasteiger partial charge < -0.3 is 4.74 Å². The van der Waals surface area contributed by atoms with Gasteiger partial charge in [0, 0.05) is 0 Å². The van der Waals surface area contributed by atoms with E-state index in [0.29, 0.717) is 18.2 Å². The van der Waals surface area contributed by atoms with Gasteiger partial charge in [-0.2, -0.15) is 8.78 Å². The smallest absolute Gasteiger partial charge is 0.308 e. The normalized spacial score (nSPS) is 13.1. The van der Waals surface area contributed by atoms with E-state index in [9.17, 15) is 13.6 Å². The number of rotatable bonds is 5. The van der Waals surface area contributed by atoms with Crippen molar-refractivity contribution in [3.05, 3.63) is 0 Å². The molecule has 0 heterocycles. The zero-order valence-corrected chi connectivity index (χ0v) is 7.87. The summed E-state index contributed by atoms with van der Waals surface area (Å²) in [7, 11) is 1.29. The Bertz CT molecular complexity index is 141. The van der Waals surface area contributed by atoms with Crippen molar-refractivity contribution in [2.75, 3.05) is 12.9 Å². The van der Waals surface area contributed by atoms with Crippen molar-refractivity contribution in [1.29, 1.82) is 0 Å². The molecule has 0 spiro atoms. The van der Waals surface area contributed by atoms with E-state index in [1.54, 1.807) is 6.92 Å². The van der Waals surface area contributed by atoms with Crippen molar-refractivity contribution in [3.8, 4) is 0 Å². The first-order valence-electron chi connectivity index (χ1n) is 3.55. The average molecular weight is 198 g/mol. The molecule has 0 aliphatic heterocycles. The molecular formula is C7H12F2O2S. The van der Waals surface area contributed by atoms with E-state index in [2.05, 4.69) is 4.74 Å². The summed E-state index contributed by atoms with van der Waals surface area (Å²) < 4.78 is 27.7. The predicted octanol–water partition coefficient (Wildman–Crippen LogP) is 2.14. The third kappa shape index (κ3) is 5.35. The molecule has 0 aliphatic rings. The first-order valence-corrected chi connectivity index (χ1v) is 4.60. The largest absolute Gasteiger partial charge is 0.469 e. The Kier molecular flexibility index (Phi) is 6.06. The standard InChI is InChI=1S/C7H12F2O2S/c1-5(6(10)11-2)3-4-12-7(8)9/h5,7H,3-4H2,1-2H3. The summed E-state index contributed by atoms with van der Waals surface area (Å²) in [6.07, 6.45) is 0.432. The van der Waals surface area contributed by atoms with Crippen molar-refractivity contribution >= 4 is 17.7 Å². The van der Waals surface area contributed by atoms with E-state index in [-0.39, 0.29) is 17.6 Å². The number of methoxy groups -OCH3 is 1. The number of carbonyl (C=O) groups is 1. The minimum atomic E-state index is -2.35. The second-order valence-corrected chi connectivity index (χ2v) is 3.44. The highest BCUT2D eigenvalue weighted by Gasteiger charge is 2.13. The molecule has 0 amide bonds. The van der Waals surface area contributed by atoms with Gasteiger partial charge in [-0.25, -0.2) is 0 Å². The molecule has 1 unspecified atom stereocenters. The van der Waals surface area contributed by atoms with Crippen molar-refractivity contribution in [3.63, 3.8) is 0 Å². The van der Waals surface area contributed by atoms with Crippen LogP contribution in [0.2, 0.25) is 0 Å². The second-order valence-electron chi connectivity index (χ2n) is 2.34. The minimum absolute atomic E-state index is 0.286. The van der Waals surface area contributed by atoms with Crippen LogP contribution >= 0.6 is 11.8 Å². The molecule has 0 rings (SSSR count). The average Bonchev–Trinajstić information content (AvgIpc) is 2.02. The molecule has 1 atom stereocenters. The first kappa shape index (κ1) is 11.7. The molecule has 72 valence electrons. The Morgan fingerprint density at radius 1 is 1.58 bits per heavy atom. The summed E-state index contributed by atoms with van der Waals surface area (Å²) in [4.78, 5) is 10.8. The SMILES string of the molecule is COC(=O)C(C)CCSC(F)F. The van der Waals surface area contributed by atoms with Gasteiger partial charge in [-0.05, 0) is 12.2 Å². The number of hydrogen-bond donors (Lipinski definition) is 0. The van der Waals surface area contributed by atoms with Crippen LogP contribution in [0.3, 0.4) is 0 Å². The van der Waals surface area contributed by atoms with Crippen molar-refractivity contribution in [1.82, 2.24) is 0 Å². The molecule has 0 aromatic rings. The number of thioether (sulfide) groups is 1. The number of esters is 1. The van der Waals surface area contributed by atoms with Crippen LogP contribution in [-0.2, 0) is 9.53 Å². The molecule has 0 aromatic heterocycles. The van der Waals surface area contributed by atoms with E-state index in [1.165, 1.54) is 7.11 Å². The lowest BCUT2D eigenvalue weighted by Crippen LogP contribution is -2.13. The molecule has 0 radical (unpaired) electrons. The number of ether oxygens (including phenoxy) is 1. The Morgan fingerprint density at radius 2 is 2.17 bits per heavy atom. The van der Waals surface area contributed by atoms with Crippen LogP contribution in [0.25, 0.3) is 0 Å². The Labute approximate surface area is 74.7 Å². The highest BCUT2D eigenvalue weighted by Crippen LogP contribution is 2.17. The van der Waals surface area contributed by atoms with E-state index in [0.717, 1.165) is 0 Å². The van der Waals surface area contributed by atoms with Gasteiger partial charge in [0.2, 0.25) is 0 Å². The van der Waals surface area contributed by atoms with Gasteiger partial charge in [0.25, 0.3) is 5.76 Å². The van der Waals surface area contributed by atoms with Crippen molar-refractivity contribution in [2.45, 2.75) is 19.1 Å². The summed E-state index contributed by atoms with van der Waals surface area (Å²) in [6.45, 7) is 1.66. The van der Waals surface area contributed by atoms with Crippen molar-refractivity contribution in [2.24, 2.45) is 5.92 Å². The lowest BCUT2D eigenvalue weighted by Gasteiger charge is -2.07. The summed E-state index contributed by atoms with van der Waals surface area (Å²) in [5, 5.41) is 0. The fourth-order valence-corrected chi connectivity index (χ4v) is 1.32. The van der Waals surface area contributed by atoms with Crippen LogP contribution in [-0.4, -0.2) is 24.6 Å². The van der Waals surface area contributed by atoms with E-state index in [1.807, 2.05) is 0 Å². The fraction of sp³-hybridized carbons (Fsp3) is 0.857. The Hall–Kier alpha value is -0.320. The summed E-state index contributed by atoms with van der Waals surface area (Å²) >= 11 is 0.546. The zero-order chi connectivity index (χ0) is 9.56. The second kappa shape index (κ2) is 6.22. The molecular weight excluding hydrogens is 186 g/mol. The Balaban J connectivity index is 3.43. The highest BCUT2D eigenvalue weighted by molar-refractivity contribution is 7.99. The number of hydrogen-bond acceptors (Lipinski definition) is 3. The third-order valence-electron chi connectivity index (χ3n) is 1.40.